The summed E-state index contributed by atoms with van der Waals surface area (Å²) in [7, 11) is -3.39. The Bertz CT molecular complexity index is 622. The second-order valence-corrected chi connectivity index (χ2v) is 8.23. The number of ether oxygens (including phenoxy) is 1. The van der Waals surface area contributed by atoms with E-state index in [1.807, 2.05) is 26.0 Å². The van der Waals surface area contributed by atoms with Crippen molar-refractivity contribution in [1.29, 1.82) is 0 Å². The molecular formula is C16H23NO3S. The van der Waals surface area contributed by atoms with Crippen LogP contribution in [0.4, 0.5) is 0 Å². The summed E-state index contributed by atoms with van der Waals surface area (Å²) in [6.07, 6.45) is 3.39. The molecule has 0 N–H and O–H groups in total. The third kappa shape index (κ3) is 3.30. The summed E-state index contributed by atoms with van der Waals surface area (Å²) in [4.78, 5) is 0.427. The maximum absolute atomic E-state index is 12.7. The first kappa shape index (κ1) is 15.0. The minimum absolute atomic E-state index is 0.0612. The molecule has 1 atom stereocenters. The minimum atomic E-state index is -3.39. The van der Waals surface area contributed by atoms with E-state index in [4.69, 9.17) is 4.74 Å². The van der Waals surface area contributed by atoms with Gasteiger partial charge < -0.3 is 4.74 Å². The molecule has 2 fully saturated rings. The average Bonchev–Trinajstić information content (AvgIpc) is 3.12. The Kier molecular flexibility index (Phi) is 4.08. The zero-order valence-electron chi connectivity index (χ0n) is 12.7. The van der Waals surface area contributed by atoms with Crippen LogP contribution in [0.15, 0.2) is 23.1 Å². The lowest BCUT2D eigenvalue weighted by atomic mass is 10.2. The van der Waals surface area contributed by atoms with E-state index in [1.165, 1.54) is 12.8 Å². The third-order valence-corrected chi connectivity index (χ3v) is 6.35. The van der Waals surface area contributed by atoms with E-state index in [1.54, 1.807) is 10.4 Å². The Morgan fingerprint density at radius 3 is 2.67 bits per heavy atom. The summed E-state index contributed by atoms with van der Waals surface area (Å²) < 4.78 is 32.9. The third-order valence-electron chi connectivity index (χ3n) is 4.32. The van der Waals surface area contributed by atoms with Crippen molar-refractivity contribution in [2.45, 2.75) is 44.1 Å². The standard InChI is InChI=1S/C16H23NO3S/c1-12-3-6-16(13(2)9-12)21(18,19)17-8-7-15(10-17)20-11-14-4-5-14/h3,6,9,14-15H,4-5,7-8,10-11H2,1-2H3. The van der Waals surface area contributed by atoms with Gasteiger partial charge in [0.2, 0.25) is 10.0 Å². The minimum Gasteiger partial charge on any atom is -0.377 e. The van der Waals surface area contributed by atoms with Gasteiger partial charge in [-0.05, 0) is 50.7 Å². The molecule has 3 rings (SSSR count). The van der Waals surface area contributed by atoms with E-state index < -0.39 is 10.0 Å². The molecule has 1 aliphatic carbocycles. The molecule has 1 aromatic rings. The summed E-state index contributed by atoms with van der Waals surface area (Å²) >= 11 is 0. The van der Waals surface area contributed by atoms with Crippen molar-refractivity contribution in [3.05, 3.63) is 29.3 Å². The van der Waals surface area contributed by atoms with Gasteiger partial charge in [-0.1, -0.05) is 17.7 Å². The second kappa shape index (κ2) is 5.71. The van der Waals surface area contributed by atoms with E-state index in [9.17, 15) is 8.42 Å². The largest absolute Gasteiger partial charge is 0.377 e. The van der Waals surface area contributed by atoms with Gasteiger partial charge in [0.25, 0.3) is 0 Å². The first-order chi connectivity index (χ1) is 9.96. The summed E-state index contributed by atoms with van der Waals surface area (Å²) in [5.74, 6) is 0.718. The van der Waals surface area contributed by atoms with E-state index >= 15 is 0 Å². The number of aryl methyl sites for hydroxylation is 2. The van der Waals surface area contributed by atoms with Crippen LogP contribution in [0, 0.1) is 19.8 Å². The summed E-state index contributed by atoms with van der Waals surface area (Å²) in [5.41, 5.74) is 1.90. The maximum atomic E-state index is 12.7. The highest BCUT2D eigenvalue weighted by molar-refractivity contribution is 7.89. The van der Waals surface area contributed by atoms with E-state index in [0.29, 0.717) is 18.0 Å². The van der Waals surface area contributed by atoms with Crippen LogP contribution in [0.3, 0.4) is 0 Å². The molecule has 1 unspecified atom stereocenters. The molecule has 1 saturated heterocycles. The van der Waals surface area contributed by atoms with Gasteiger partial charge >= 0.3 is 0 Å². The number of hydrogen-bond donors (Lipinski definition) is 0. The first-order valence-corrected chi connectivity index (χ1v) is 9.10. The van der Waals surface area contributed by atoms with Gasteiger partial charge in [-0.15, -0.1) is 0 Å². The van der Waals surface area contributed by atoms with Crippen LogP contribution >= 0.6 is 0 Å². The molecule has 1 saturated carbocycles. The van der Waals surface area contributed by atoms with Crippen LogP contribution in [-0.2, 0) is 14.8 Å². The Hall–Kier alpha value is -0.910. The fourth-order valence-electron chi connectivity index (χ4n) is 2.84. The molecule has 4 nitrogen and oxygen atoms in total. The SMILES string of the molecule is Cc1ccc(S(=O)(=O)N2CCC(OCC3CC3)C2)c(C)c1. The van der Waals surface area contributed by atoms with Crippen LogP contribution < -0.4 is 0 Å². The predicted octanol–water partition coefficient (Wildman–Crippen LogP) is 2.49. The van der Waals surface area contributed by atoms with Crippen molar-refractivity contribution in [1.82, 2.24) is 4.31 Å². The van der Waals surface area contributed by atoms with Crippen molar-refractivity contribution < 1.29 is 13.2 Å². The quantitative estimate of drug-likeness (QED) is 0.839. The van der Waals surface area contributed by atoms with Crippen molar-refractivity contribution in [2.75, 3.05) is 19.7 Å². The smallest absolute Gasteiger partial charge is 0.243 e. The van der Waals surface area contributed by atoms with Gasteiger partial charge in [-0.3, -0.25) is 0 Å². The lowest BCUT2D eigenvalue weighted by Crippen LogP contribution is -2.31. The lowest BCUT2D eigenvalue weighted by Gasteiger charge is -2.18. The van der Waals surface area contributed by atoms with Crippen LogP contribution in [0.1, 0.15) is 30.4 Å². The second-order valence-electron chi connectivity index (χ2n) is 6.32. The van der Waals surface area contributed by atoms with E-state index in [-0.39, 0.29) is 6.10 Å². The van der Waals surface area contributed by atoms with Crippen LogP contribution in [-0.4, -0.2) is 38.5 Å². The predicted molar refractivity (Wildman–Crippen MR) is 81.8 cm³/mol. The molecule has 0 bridgehead atoms. The lowest BCUT2D eigenvalue weighted by molar-refractivity contribution is 0.0561. The highest BCUT2D eigenvalue weighted by Crippen LogP contribution is 2.31. The molecule has 1 heterocycles. The van der Waals surface area contributed by atoms with E-state index in [0.717, 1.165) is 30.1 Å². The molecule has 0 spiro atoms. The van der Waals surface area contributed by atoms with Gasteiger partial charge in [0.15, 0.2) is 0 Å². The maximum Gasteiger partial charge on any atom is 0.243 e. The average molecular weight is 309 g/mol. The molecule has 0 aromatic heterocycles. The summed E-state index contributed by atoms with van der Waals surface area (Å²) in [6.45, 7) is 5.67. The van der Waals surface area contributed by atoms with Gasteiger partial charge in [0.05, 0.1) is 11.0 Å². The first-order valence-electron chi connectivity index (χ1n) is 7.66. The Labute approximate surface area is 127 Å². The zero-order valence-corrected chi connectivity index (χ0v) is 13.5. The van der Waals surface area contributed by atoms with Crippen molar-refractivity contribution in [2.24, 2.45) is 5.92 Å². The fourth-order valence-corrected chi connectivity index (χ4v) is 4.53. The molecule has 21 heavy (non-hydrogen) atoms. The number of nitrogens with zero attached hydrogens (tertiary/aromatic N) is 1. The Balaban J connectivity index is 1.70. The highest BCUT2D eigenvalue weighted by Gasteiger charge is 2.34. The van der Waals surface area contributed by atoms with Gasteiger partial charge in [-0.25, -0.2) is 8.42 Å². The van der Waals surface area contributed by atoms with Crippen molar-refractivity contribution in [3.63, 3.8) is 0 Å². The topological polar surface area (TPSA) is 46.6 Å². The Morgan fingerprint density at radius 1 is 1.24 bits per heavy atom. The molecule has 0 radical (unpaired) electrons. The molecule has 116 valence electrons. The molecule has 5 heteroatoms. The summed E-state index contributed by atoms with van der Waals surface area (Å²) in [5, 5.41) is 0. The van der Waals surface area contributed by atoms with Crippen LogP contribution in [0.5, 0.6) is 0 Å². The van der Waals surface area contributed by atoms with Crippen molar-refractivity contribution >= 4 is 10.0 Å². The number of sulfonamides is 1. The monoisotopic (exact) mass is 309 g/mol. The number of benzene rings is 1. The molecule has 1 aliphatic heterocycles. The van der Waals surface area contributed by atoms with Crippen molar-refractivity contribution in [3.8, 4) is 0 Å². The molecular weight excluding hydrogens is 286 g/mol. The van der Waals surface area contributed by atoms with Gasteiger partial charge in [-0.2, -0.15) is 4.31 Å². The van der Waals surface area contributed by atoms with Gasteiger partial charge in [0, 0.05) is 19.7 Å². The van der Waals surface area contributed by atoms with Crippen LogP contribution in [0.25, 0.3) is 0 Å². The highest BCUT2D eigenvalue weighted by atomic mass is 32.2. The summed E-state index contributed by atoms with van der Waals surface area (Å²) in [6, 6.07) is 5.50. The molecule has 1 aromatic carbocycles. The van der Waals surface area contributed by atoms with Crippen LogP contribution in [0.2, 0.25) is 0 Å². The normalized spacial score (nSPS) is 23.6. The number of hydrogen-bond acceptors (Lipinski definition) is 3. The fraction of sp³-hybridized carbons (Fsp3) is 0.625. The molecule has 0 amide bonds. The number of rotatable bonds is 5. The van der Waals surface area contributed by atoms with Gasteiger partial charge in [0.1, 0.15) is 0 Å². The van der Waals surface area contributed by atoms with E-state index in [2.05, 4.69) is 0 Å². The molecule has 2 aliphatic rings. The Morgan fingerprint density at radius 2 is 2.00 bits per heavy atom. The zero-order chi connectivity index (χ0) is 15.0.